The van der Waals surface area contributed by atoms with Gasteiger partial charge in [-0.1, -0.05) is 12.1 Å². The molecule has 1 heterocycles. The van der Waals surface area contributed by atoms with Crippen molar-refractivity contribution < 1.29 is 4.92 Å². The SMILES string of the molecule is O=c1cnn(Cc2cccc([N+](=O)[O-])c2)c(=O)[nH]1. The molecule has 0 spiro atoms. The van der Waals surface area contributed by atoms with Crippen molar-refractivity contribution in [1.82, 2.24) is 14.8 Å². The van der Waals surface area contributed by atoms with Crippen LogP contribution in [0.4, 0.5) is 5.69 Å². The molecule has 0 unspecified atom stereocenters. The lowest BCUT2D eigenvalue weighted by Crippen LogP contribution is -2.31. The van der Waals surface area contributed by atoms with Crippen LogP contribution in [0.15, 0.2) is 40.1 Å². The van der Waals surface area contributed by atoms with Crippen LogP contribution < -0.4 is 11.2 Å². The van der Waals surface area contributed by atoms with E-state index in [0.29, 0.717) is 5.56 Å². The number of hydrogen-bond donors (Lipinski definition) is 1. The number of nitrogens with zero attached hydrogens (tertiary/aromatic N) is 3. The summed E-state index contributed by atoms with van der Waals surface area (Å²) >= 11 is 0. The van der Waals surface area contributed by atoms with E-state index in [9.17, 15) is 19.7 Å². The van der Waals surface area contributed by atoms with Crippen molar-refractivity contribution in [3.8, 4) is 0 Å². The fraction of sp³-hybridized carbons (Fsp3) is 0.100. The molecular weight excluding hydrogens is 240 g/mol. The average molecular weight is 248 g/mol. The minimum Gasteiger partial charge on any atom is -0.271 e. The predicted octanol–water partition coefficient (Wildman–Crippen LogP) is -0.112. The van der Waals surface area contributed by atoms with Crippen LogP contribution in [0.2, 0.25) is 0 Å². The molecule has 0 atom stereocenters. The molecule has 1 N–H and O–H groups in total. The predicted molar refractivity (Wildman–Crippen MR) is 61.3 cm³/mol. The Bertz CT molecular complexity index is 703. The molecule has 0 fully saturated rings. The summed E-state index contributed by atoms with van der Waals surface area (Å²) in [5, 5.41) is 14.2. The summed E-state index contributed by atoms with van der Waals surface area (Å²) < 4.78 is 1.01. The number of rotatable bonds is 3. The Balaban J connectivity index is 2.34. The maximum absolute atomic E-state index is 11.4. The van der Waals surface area contributed by atoms with Crippen molar-refractivity contribution >= 4 is 5.69 Å². The number of benzene rings is 1. The molecule has 2 rings (SSSR count). The molecular formula is C10H8N4O4. The molecule has 0 saturated carbocycles. The lowest BCUT2D eigenvalue weighted by atomic mass is 10.2. The molecule has 0 radical (unpaired) electrons. The summed E-state index contributed by atoms with van der Waals surface area (Å²) in [6, 6.07) is 5.85. The van der Waals surface area contributed by atoms with Crippen molar-refractivity contribution in [2.24, 2.45) is 0 Å². The zero-order chi connectivity index (χ0) is 13.1. The van der Waals surface area contributed by atoms with Crippen molar-refractivity contribution in [2.75, 3.05) is 0 Å². The molecule has 2 aromatic rings. The second kappa shape index (κ2) is 4.62. The third kappa shape index (κ3) is 2.48. The maximum Gasteiger partial charge on any atom is 0.345 e. The Kier molecular flexibility index (Phi) is 3.00. The first kappa shape index (κ1) is 11.7. The summed E-state index contributed by atoms with van der Waals surface area (Å²) in [4.78, 5) is 34.3. The van der Waals surface area contributed by atoms with Gasteiger partial charge in [-0.3, -0.25) is 19.9 Å². The van der Waals surface area contributed by atoms with E-state index in [4.69, 9.17) is 0 Å². The van der Waals surface area contributed by atoms with Gasteiger partial charge in [-0.25, -0.2) is 9.48 Å². The van der Waals surface area contributed by atoms with E-state index in [1.165, 1.54) is 18.2 Å². The van der Waals surface area contributed by atoms with E-state index in [1.54, 1.807) is 6.07 Å². The number of nitrogens with one attached hydrogen (secondary N) is 1. The first-order chi connectivity index (χ1) is 8.56. The minimum absolute atomic E-state index is 0.0529. The number of hydrogen-bond acceptors (Lipinski definition) is 5. The van der Waals surface area contributed by atoms with E-state index in [0.717, 1.165) is 10.9 Å². The fourth-order valence-corrected chi connectivity index (χ4v) is 1.43. The van der Waals surface area contributed by atoms with Crippen LogP contribution in [0.1, 0.15) is 5.56 Å². The number of aromatic nitrogens is 3. The lowest BCUT2D eigenvalue weighted by molar-refractivity contribution is -0.384. The van der Waals surface area contributed by atoms with E-state index < -0.39 is 16.2 Å². The summed E-state index contributed by atoms with van der Waals surface area (Å²) in [5.41, 5.74) is -0.764. The normalized spacial score (nSPS) is 10.2. The highest BCUT2D eigenvalue weighted by atomic mass is 16.6. The summed E-state index contributed by atoms with van der Waals surface area (Å²) in [6.07, 6.45) is 0.971. The van der Waals surface area contributed by atoms with E-state index >= 15 is 0 Å². The Morgan fingerprint density at radius 3 is 2.83 bits per heavy atom. The highest BCUT2D eigenvalue weighted by molar-refractivity contribution is 5.34. The van der Waals surface area contributed by atoms with Crippen molar-refractivity contribution in [1.29, 1.82) is 0 Å². The zero-order valence-electron chi connectivity index (χ0n) is 9.07. The quantitative estimate of drug-likeness (QED) is 0.601. The minimum atomic E-state index is -0.658. The van der Waals surface area contributed by atoms with Gasteiger partial charge in [0.05, 0.1) is 11.5 Å². The van der Waals surface area contributed by atoms with Crippen LogP contribution in [-0.4, -0.2) is 19.7 Å². The Morgan fingerprint density at radius 1 is 1.39 bits per heavy atom. The third-order valence-corrected chi connectivity index (χ3v) is 2.23. The van der Waals surface area contributed by atoms with Gasteiger partial charge in [0.25, 0.3) is 11.2 Å². The van der Waals surface area contributed by atoms with Gasteiger partial charge in [0, 0.05) is 12.1 Å². The highest BCUT2D eigenvalue weighted by Gasteiger charge is 2.07. The second-order valence-corrected chi connectivity index (χ2v) is 3.52. The van der Waals surface area contributed by atoms with Crippen molar-refractivity contribution in [3.05, 3.63) is 67.0 Å². The van der Waals surface area contributed by atoms with Crippen LogP contribution in [0.3, 0.4) is 0 Å². The van der Waals surface area contributed by atoms with Gasteiger partial charge in [-0.05, 0) is 5.56 Å². The van der Waals surface area contributed by atoms with Gasteiger partial charge in [0.1, 0.15) is 6.20 Å². The fourth-order valence-electron chi connectivity index (χ4n) is 1.43. The number of non-ortho nitro benzene ring substituents is 1. The molecule has 0 aliphatic heterocycles. The van der Waals surface area contributed by atoms with Gasteiger partial charge in [-0.2, -0.15) is 5.10 Å². The monoisotopic (exact) mass is 248 g/mol. The molecule has 92 valence electrons. The standard InChI is InChI=1S/C10H8N4O4/c15-9-5-11-13(10(16)12-9)6-7-2-1-3-8(4-7)14(17)18/h1-5H,6H2,(H,12,15,16). The molecule has 8 heteroatoms. The summed E-state index contributed by atoms with van der Waals surface area (Å²) in [7, 11) is 0. The van der Waals surface area contributed by atoms with E-state index in [1.807, 2.05) is 0 Å². The number of aromatic amines is 1. The second-order valence-electron chi connectivity index (χ2n) is 3.52. The lowest BCUT2D eigenvalue weighted by Gasteiger charge is -2.02. The zero-order valence-corrected chi connectivity index (χ0v) is 9.07. The summed E-state index contributed by atoms with van der Waals surface area (Å²) in [5.74, 6) is 0. The molecule has 0 aliphatic carbocycles. The Morgan fingerprint density at radius 2 is 2.17 bits per heavy atom. The van der Waals surface area contributed by atoms with Gasteiger partial charge in [0.15, 0.2) is 0 Å². The van der Waals surface area contributed by atoms with Gasteiger partial charge in [-0.15, -0.1) is 0 Å². The Hall–Kier alpha value is -2.77. The molecule has 18 heavy (non-hydrogen) atoms. The Labute approximate surface area is 99.7 Å². The largest absolute Gasteiger partial charge is 0.345 e. The number of nitro groups is 1. The molecule has 0 amide bonds. The van der Waals surface area contributed by atoms with E-state index in [2.05, 4.69) is 10.1 Å². The third-order valence-electron chi connectivity index (χ3n) is 2.23. The van der Waals surface area contributed by atoms with Crippen LogP contribution in [0, 0.1) is 10.1 Å². The first-order valence-electron chi connectivity index (χ1n) is 4.96. The van der Waals surface area contributed by atoms with Crippen molar-refractivity contribution in [2.45, 2.75) is 6.54 Å². The average Bonchev–Trinajstić information content (AvgIpc) is 2.33. The summed E-state index contributed by atoms with van der Waals surface area (Å²) in [6.45, 7) is 0.0529. The molecule has 0 saturated heterocycles. The maximum atomic E-state index is 11.4. The van der Waals surface area contributed by atoms with Gasteiger partial charge in [0.2, 0.25) is 0 Å². The molecule has 1 aromatic carbocycles. The highest BCUT2D eigenvalue weighted by Crippen LogP contribution is 2.13. The van der Waals surface area contributed by atoms with E-state index in [-0.39, 0.29) is 12.2 Å². The van der Waals surface area contributed by atoms with Crippen LogP contribution in [0.25, 0.3) is 0 Å². The van der Waals surface area contributed by atoms with Crippen LogP contribution in [0.5, 0.6) is 0 Å². The van der Waals surface area contributed by atoms with Crippen LogP contribution >= 0.6 is 0 Å². The van der Waals surface area contributed by atoms with Crippen LogP contribution in [-0.2, 0) is 6.54 Å². The van der Waals surface area contributed by atoms with Gasteiger partial charge >= 0.3 is 5.69 Å². The smallest absolute Gasteiger partial charge is 0.271 e. The molecule has 1 aromatic heterocycles. The molecule has 8 nitrogen and oxygen atoms in total. The number of nitro benzene ring substituents is 1. The topological polar surface area (TPSA) is 111 Å². The van der Waals surface area contributed by atoms with Crippen molar-refractivity contribution in [3.63, 3.8) is 0 Å². The van der Waals surface area contributed by atoms with Gasteiger partial charge < -0.3 is 0 Å². The first-order valence-corrected chi connectivity index (χ1v) is 4.96. The number of H-pyrrole nitrogens is 1. The molecule has 0 aliphatic rings. The molecule has 0 bridgehead atoms.